The molecule has 1 aromatic heterocycles. The molecule has 0 saturated carbocycles. The molecule has 6 nitrogen and oxygen atoms in total. The summed E-state index contributed by atoms with van der Waals surface area (Å²) in [4.78, 5) is 17.4. The summed E-state index contributed by atoms with van der Waals surface area (Å²) < 4.78 is 11.0. The third kappa shape index (κ3) is 6.15. The van der Waals surface area contributed by atoms with Crippen molar-refractivity contribution in [1.82, 2.24) is 10.3 Å². The number of aryl methyl sites for hydroxylation is 2. The molecule has 1 unspecified atom stereocenters. The van der Waals surface area contributed by atoms with Crippen molar-refractivity contribution in [2.24, 2.45) is 0 Å². The van der Waals surface area contributed by atoms with E-state index in [0.717, 1.165) is 27.9 Å². The first kappa shape index (κ1) is 23.4. The van der Waals surface area contributed by atoms with Crippen LogP contribution in [0.3, 0.4) is 0 Å². The van der Waals surface area contributed by atoms with Crippen LogP contribution in [0, 0.1) is 13.8 Å². The van der Waals surface area contributed by atoms with Crippen LogP contribution in [0.2, 0.25) is 0 Å². The van der Waals surface area contributed by atoms with Gasteiger partial charge in [-0.1, -0.05) is 35.9 Å². The minimum atomic E-state index is -0.526. The van der Waals surface area contributed by atoms with Gasteiger partial charge in [-0.2, -0.15) is 0 Å². The molecule has 0 aliphatic heterocycles. The van der Waals surface area contributed by atoms with E-state index in [-0.39, 0.29) is 25.2 Å². The number of hydrogen-bond acceptors (Lipinski definition) is 5. The average Bonchev–Trinajstić information content (AvgIpc) is 2.79. The van der Waals surface area contributed by atoms with Gasteiger partial charge < -0.3 is 19.9 Å². The van der Waals surface area contributed by atoms with Crippen molar-refractivity contribution >= 4 is 5.91 Å². The number of aliphatic hydroxyl groups is 1. The summed E-state index contributed by atoms with van der Waals surface area (Å²) >= 11 is 0. The summed E-state index contributed by atoms with van der Waals surface area (Å²) in [5, 5.41) is 12.6. The molecule has 2 atom stereocenters. The molecule has 1 amide bonds. The highest BCUT2D eigenvalue weighted by molar-refractivity contribution is 5.96. The van der Waals surface area contributed by atoms with Crippen LogP contribution in [0.25, 0.3) is 11.1 Å². The zero-order valence-electron chi connectivity index (χ0n) is 19.0. The average molecular weight is 435 g/mol. The van der Waals surface area contributed by atoms with Crippen molar-refractivity contribution in [1.29, 1.82) is 0 Å². The normalized spacial score (nSPS) is 12.8. The van der Waals surface area contributed by atoms with Crippen LogP contribution in [-0.4, -0.2) is 42.4 Å². The fraction of sp³-hybridized carbons (Fsp3) is 0.308. The standard InChI is InChI=1S/C26H30N2O4/c1-17-5-8-20(9-6-17)22-11-23(13-24(12-22)32-25(15-29)16-31-4)26(30)28-19(3)21-10-7-18(2)27-14-21/h5-14,19,25,29H,15-16H2,1-4H3,(H,28,30)/t19-,25?/m1/s1. The maximum Gasteiger partial charge on any atom is 0.251 e. The Balaban J connectivity index is 1.90. The summed E-state index contributed by atoms with van der Waals surface area (Å²) in [6.07, 6.45) is 1.25. The number of carbonyl (C=O) groups excluding carboxylic acids is 1. The van der Waals surface area contributed by atoms with Gasteiger partial charge >= 0.3 is 0 Å². The van der Waals surface area contributed by atoms with E-state index in [9.17, 15) is 9.90 Å². The largest absolute Gasteiger partial charge is 0.486 e. The smallest absolute Gasteiger partial charge is 0.251 e. The molecule has 0 bridgehead atoms. The van der Waals surface area contributed by atoms with Crippen molar-refractivity contribution in [3.05, 3.63) is 83.2 Å². The van der Waals surface area contributed by atoms with Crippen LogP contribution in [0.5, 0.6) is 5.75 Å². The van der Waals surface area contributed by atoms with Crippen LogP contribution in [0.4, 0.5) is 0 Å². The number of nitrogens with zero attached hydrogens (tertiary/aromatic N) is 1. The third-order valence-electron chi connectivity index (χ3n) is 5.19. The van der Waals surface area contributed by atoms with Crippen molar-refractivity contribution in [3.63, 3.8) is 0 Å². The van der Waals surface area contributed by atoms with Gasteiger partial charge in [0.05, 0.1) is 19.3 Å². The molecular formula is C26H30N2O4. The Morgan fingerprint density at radius 2 is 1.81 bits per heavy atom. The van der Waals surface area contributed by atoms with E-state index in [1.807, 2.05) is 69.3 Å². The van der Waals surface area contributed by atoms with Gasteiger partial charge in [-0.25, -0.2) is 0 Å². The second-order valence-electron chi connectivity index (χ2n) is 7.92. The highest BCUT2D eigenvalue weighted by Gasteiger charge is 2.16. The molecule has 0 spiro atoms. The van der Waals surface area contributed by atoms with E-state index in [0.29, 0.717) is 11.3 Å². The van der Waals surface area contributed by atoms with Crippen LogP contribution in [0.15, 0.2) is 60.8 Å². The molecular weight excluding hydrogens is 404 g/mol. The number of nitrogens with one attached hydrogen (secondary N) is 1. The van der Waals surface area contributed by atoms with Crippen molar-refractivity contribution in [3.8, 4) is 16.9 Å². The van der Waals surface area contributed by atoms with E-state index in [1.165, 1.54) is 0 Å². The summed E-state index contributed by atoms with van der Waals surface area (Å²) in [5.41, 5.74) is 5.30. The van der Waals surface area contributed by atoms with E-state index < -0.39 is 6.10 Å². The van der Waals surface area contributed by atoms with Crippen molar-refractivity contribution < 1.29 is 19.4 Å². The van der Waals surface area contributed by atoms with Crippen LogP contribution in [-0.2, 0) is 4.74 Å². The molecule has 32 heavy (non-hydrogen) atoms. The lowest BCUT2D eigenvalue weighted by Gasteiger charge is -2.19. The molecule has 2 aromatic carbocycles. The SMILES string of the molecule is COCC(CO)Oc1cc(C(=O)N[C@H](C)c2ccc(C)nc2)cc(-c2ccc(C)cc2)c1. The lowest BCUT2D eigenvalue weighted by molar-refractivity contribution is 0.0413. The zero-order valence-corrected chi connectivity index (χ0v) is 19.0. The minimum Gasteiger partial charge on any atom is -0.486 e. The van der Waals surface area contributed by atoms with Crippen LogP contribution < -0.4 is 10.1 Å². The van der Waals surface area contributed by atoms with Gasteiger partial charge in [-0.05, 0) is 61.7 Å². The number of ether oxygens (including phenoxy) is 2. The van der Waals surface area contributed by atoms with Gasteiger partial charge in [0.2, 0.25) is 0 Å². The summed E-state index contributed by atoms with van der Waals surface area (Å²) in [6.45, 7) is 5.92. The summed E-state index contributed by atoms with van der Waals surface area (Å²) in [5.74, 6) is 0.276. The van der Waals surface area contributed by atoms with E-state index in [1.54, 1.807) is 19.4 Å². The first-order valence-electron chi connectivity index (χ1n) is 10.6. The number of rotatable bonds is 9. The molecule has 0 fully saturated rings. The number of aromatic nitrogens is 1. The quantitative estimate of drug-likeness (QED) is 0.526. The number of carbonyl (C=O) groups is 1. The van der Waals surface area contributed by atoms with Crippen LogP contribution >= 0.6 is 0 Å². The molecule has 2 N–H and O–H groups in total. The monoisotopic (exact) mass is 434 g/mol. The lowest BCUT2D eigenvalue weighted by atomic mass is 10.0. The van der Waals surface area contributed by atoms with Crippen molar-refractivity contribution in [2.75, 3.05) is 20.3 Å². The molecule has 3 rings (SSSR count). The number of amides is 1. The van der Waals surface area contributed by atoms with Gasteiger partial charge in [0.15, 0.2) is 0 Å². The van der Waals surface area contributed by atoms with Gasteiger partial charge in [-0.15, -0.1) is 0 Å². The zero-order chi connectivity index (χ0) is 23.1. The minimum absolute atomic E-state index is 0.193. The second-order valence-corrected chi connectivity index (χ2v) is 7.92. The predicted molar refractivity (Wildman–Crippen MR) is 125 cm³/mol. The molecule has 168 valence electrons. The second kappa shape index (κ2) is 10.9. The third-order valence-corrected chi connectivity index (χ3v) is 5.19. The molecule has 6 heteroatoms. The maximum absolute atomic E-state index is 13.1. The van der Waals surface area contributed by atoms with Gasteiger partial charge in [0.1, 0.15) is 11.9 Å². The highest BCUT2D eigenvalue weighted by Crippen LogP contribution is 2.28. The fourth-order valence-electron chi connectivity index (χ4n) is 3.31. The Morgan fingerprint density at radius 3 is 2.44 bits per heavy atom. The lowest BCUT2D eigenvalue weighted by Crippen LogP contribution is -2.28. The van der Waals surface area contributed by atoms with Gasteiger partial charge in [0, 0.05) is 24.6 Å². The molecule has 0 aliphatic rings. The van der Waals surface area contributed by atoms with Crippen LogP contribution in [0.1, 0.15) is 40.1 Å². The van der Waals surface area contributed by atoms with E-state index in [2.05, 4.69) is 10.3 Å². The molecule has 3 aromatic rings. The number of methoxy groups -OCH3 is 1. The molecule has 1 heterocycles. The Labute approximate surface area is 189 Å². The number of hydrogen-bond donors (Lipinski definition) is 2. The predicted octanol–water partition coefficient (Wildman–Crippen LogP) is 4.24. The summed E-state index contributed by atoms with van der Waals surface area (Å²) in [6, 6.07) is 17.1. The summed E-state index contributed by atoms with van der Waals surface area (Å²) in [7, 11) is 1.55. The molecule has 0 aliphatic carbocycles. The first-order valence-corrected chi connectivity index (χ1v) is 10.6. The Morgan fingerprint density at radius 1 is 1.06 bits per heavy atom. The number of aliphatic hydroxyl groups excluding tert-OH is 1. The number of pyridine rings is 1. The maximum atomic E-state index is 13.1. The van der Waals surface area contributed by atoms with E-state index in [4.69, 9.17) is 9.47 Å². The molecule has 0 saturated heterocycles. The van der Waals surface area contributed by atoms with E-state index >= 15 is 0 Å². The molecule has 0 radical (unpaired) electrons. The van der Waals surface area contributed by atoms with Gasteiger partial charge in [0.25, 0.3) is 5.91 Å². The Kier molecular flexibility index (Phi) is 7.98. The van der Waals surface area contributed by atoms with Gasteiger partial charge in [-0.3, -0.25) is 9.78 Å². The Hall–Kier alpha value is -3.22. The number of benzene rings is 2. The van der Waals surface area contributed by atoms with Crippen molar-refractivity contribution in [2.45, 2.75) is 32.9 Å². The Bertz CT molecular complexity index is 1030. The topological polar surface area (TPSA) is 80.7 Å². The highest BCUT2D eigenvalue weighted by atomic mass is 16.5. The fourth-order valence-corrected chi connectivity index (χ4v) is 3.31. The first-order chi connectivity index (χ1) is 15.4.